The van der Waals surface area contributed by atoms with Gasteiger partial charge in [0, 0.05) is 6.61 Å². The maximum absolute atomic E-state index is 9.10. The third-order valence-electron chi connectivity index (χ3n) is 2.34. The Morgan fingerprint density at radius 3 is 2.33 bits per heavy atom. The molecule has 15 heavy (non-hydrogen) atoms. The van der Waals surface area contributed by atoms with Gasteiger partial charge in [-0.05, 0) is 25.7 Å². The maximum Gasteiger partial charge on any atom is 0.0990 e. The Balaban J connectivity index is 3.84. The zero-order valence-corrected chi connectivity index (χ0v) is 9.85. The highest BCUT2D eigenvalue weighted by Crippen LogP contribution is 2.08. The summed E-state index contributed by atoms with van der Waals surface area (Å²) in [5.41, 5.74) is 0. The summed E-state index contributed by atoms with van der Waals surface area (Å²) in [6, 6.07) is 0. The van der Waals surface area contributed by atoms with Crippen LogP contribution in [0.1, 0.15) is 39.5 Å². The van der Waals surface area contributed by atoms with E-state index < -0.39 is 0 Å². The summed E-state index contributed by atoms with van der Waals surface area (Å²) in [4.78, 5) is 0. The van der Waals surface area contributed by atoms with Crippen molar-refractivity contribution in [1.82, 2.24) is 0 Å². The summed E-state index contributed by atoms with van der Waals surface area (Å²) in [5.74, 6) is 0. The Morgan fingerprint density at radius 1 is 1.20 bits per heavy atom. The molecule has 0 amide bonds. The number of hydrogen-bond acceptors (Lipinski definition) is 3. The first kappa shape index (κ1) is 14.6. The van der Waals surface area contributed by atoms with Crippen molar-refractivity contribution in [1.29, 1.82) is 0 Å². The van der Waals surface area contributed by atoms with Crippen LogP contribution in [0.5, 0.6) is 0 Å². The van der Waals surface area contributed by atoms with E-state index in [-0.39, 0.29) is 25.4 Å². The second kappa shape index (κ2) is 10.1. The second-order valence-electron chi connectivity index (χ2n) is 3.59. The van der Waals surface area contributed by atoms with Gasteiger partial charge < -0.3 is 14.9 Å². The van der Waals surface area contributed by atoms with E-state index >= 15 is 0 Å². The molecule has 0 heterocycles. The summed E-state index contributed by atoms with van der Waals surface area (Å²) in [5, 5.41) is 17.7. The molecule has 0 fully saturated rings. The number of hydrogen-bond donors (Lipinski definition) is 2. The van der Waals surface area contributed by atoms with Crippen molar-refractivity contribution in [3.8, 4) is 0 Å². The fourth-order valence-electron chi connectivity index (χ4n) is 1.33. The largest absolute Gasteiger partial charge is 0.396 e. The van der Waals surface area contributed by atoms with Crippen molar-refractivity contribution in [2.75, 3.05) is 13.2 Å². The van der Waals surface area contributed by atoms with Crippen LogP contribution < -0.4 is 0 Å². The minimum absolute atomic E-state index is 0.0200. The molecule has 0 aromatic carbocycles. The van der Waals surface area contributed by atoms with Crippen molar-refractivity contribution in [3.05, 3.63) is 12.2 Å². The second-order valence-corrected chi connectivity index (χ2v) is 3.59. The molecule has 3 heteroatoms. The molecule has 0 aliphatic carbocycles. The van der Waals surface area contributed by atoms with Gasteiger partial charge >= 0.3 is 0 Å². The van der Waals surface area contributed by atoms with Crippen LogP contribution in [0.3, 0.4) is 0 Å². The first-order valence-corrected chi connectivity index (χ1v) is 5.82. The van der Waals surface area contributed by atoms with Crippen molar-refractivity contribution in [2.24, 2.45) is 0 Å². The van der Waals surface area contributed by atoms with Crippen LogP contribution in [-0.2, 0) is 4.74 Å². The first-order valence-electron chi connectivity index (χ1n) is 5.82. The highest BCUT2D eigenvalue weighted by Gasteiger charge is 2.09. The molecule has 0 spiro atoms. The Labute approximate surface area is 92.8 Å². The number of aliphatic hydroxyl groups is 2. The molecule has 0 bridgehead atoms. The van der Waals surface area contributed by atoms with Crippen molar-refractivity contribution in [2.45, 2.75) is 51.7 Å². The molecule has 0 aromatic heterocycles. The van der Waals surface area contributed by atoms with E-state index in [0.29, 0.717) is 0 Å². The van der Waals surface area contributed by atoms with Crippen LogP contribution in [0, 0.1) is 0 Å². The average Bonchev–Trinajstić information content (AvgIpc) is 2.28. The monoisotopic (exact) mass is 216 g/mol. The Kier molecular flexibility index (Phi) is 9.89. The lowest BCUT2D eigenvalue weighted by Crippen LogP contribution is -2.22. The van der Waals surface area contributed by atoms with Crippen LogP contribution in [0.15, 0.2) is 12.2 Å². The van der Waals surface area contributed by atoms with Crippen molar-refractivity contribution in [3.63, 3.8) is 0 Å². The lowest BCUT2D eigenvalue weighted by Gasteiger charge is -2.19. The van der Waals surface area contributed by atoms with E-state index in [1.807, 2.05) is 12.2 Å². The fourth-order valence-corrected chi connectivity index (χ4v) is 1.33. The third-order valence-corrected chi connectivity index (χ3v) is 2.34. The first-order chi connectivity index (χ1) is 7.28. The minimum Gasteiger partial charge on any atom is -0.396 e. The van der Waals surface area contributed by atoms with Gasteiger partial charge in [-0.3, -0.25) is 0 Å². The summed E-state index contributed by atoms with van der Waals surface area (Å²) < 4.78 is 5.68. The zero-order valence-electron chi connectivity index (χ0n) is 9.85. The SMILES string of the molecule is CCC(CC)O[C@@H](/C=C/CCCO)CO. The van der Waals surface area contributed by atoms with Gasteiger partial charge in [-0.1, -0.05) is 26.0 Å². The van der Waals surface area contributed by atoms with Crippen LogP contribution >= 0.6 is 0 Å². The molecule has 0 saturated heterocycles. The van der Waals surface area contributed by atoms with E-state index in [0.717, 1.165) is 25.7 Å². The number of rotatable bonds is 9. The number of unbranched alkanes of at least 4 members (excludes halogenated alkanes) is 1. The third kappa shape index (κ3) is 7.54. The minimum atomic E-state index is -0.200. The van der Waals surface area contributed by atoms with Gasteiger partial charge in [0.1, 0.15) is 0 Å². The quantitative estimate of drug-likeness (QED) is 0.457. The molecule has 90 valence electrons. The predicted molar refractivity (Wildman–Crippen MR) is 61.8 cm³/mol. The predicted octanol–water partition coefficient (Wildman–Crippen LogP) is 1.88. The molecule has 0 aliphatic rings. The fraction of sp³-hybridized carbons (Fsp3) is 0.833. The van der Waals surface area contributed by atoms with Gasteiger partial charge in [0.05, 0.1) is 18.8 Å². The summed E-state index contributed by atoms with van der Waals surface area (Å²) in [7, 11) is 0. The lowest BCUT2D eigenvalue weighted by atomic mass is 10.2. The van der Waals surface area contributed by atoms with Gasteiger partial charge in [-0.25, -0.2) is 0 Å². The molecular weight excluding hydrogens is 192 g/mol. The van der Waals surface area contributed by atoms with Crippen molar-refractivity contribution >= 4 is 0 Å². The number of ether oxygens (including phenoxy) is 1. The number of allylic oxidation sites excluding steroid dienone is 1. The smallest absolute Gasteiger partial charge is 0.0990 e. The molecule has 2 N–H and O–H groups in total. The van der Waals surface area contributed by atoms with Crippen LogP contribution in [0.2, 0.25) is 0 Å². The maximum atomic E-state index is 9.10. The van der Waals surface area contributed by atoms with Crippen LogP contribution in [0.25, 0.3) is 0 Å². The standard InChI is InChI=1S/C12H24O3/c1-3-11(4-2)15-12(10-14)8-6-5-7-9-13/h6,8,11-14H,3-5,7,9-10H2,1-2H3/b8-6+/t12-/m0/s1. The van der Waals surface area contributed by atoms with Gasteiger partial charge in [0.2, 0.25) is 0 Å². The summed E-state index contributed by atoms with van der Waals surface area (Å²) >= 11 is 0. The van der Waals surface area contributed by atoms with Gasteiger partial charge in [0.25, 0.3) is 0 Å². The van der Waals surface area contributed by atoms with E-state index in [4.69, 9.17) is 14.9 Å². The molecule has 0 aliphatic heterocycles. The van der Waals surface area contributed by atoms with E-state index in [9.17, 15) is 0 Å². The molecule has 0 radical (unpaired) electrons. The molecule has 1 atom stereocenters. The van der Waals surface area contributed by atoms with E-state index in [1.165, 1.54) is 0 Å². The molecule has 0 saturated carbocycles. The van der Waals surface area contributed by atoms with Gasteiger partial charge in [0.15, 0.2) is 0 Å². The van der Waals surface area contributed by atoms with Crippen LogP contribution in [0.4, 0.5) is 0 Å². The van der Waals surface area contributed by atoms with Gasteiger partial charge in [-0.2, -0.15) is 0 Å². The molecule has 0 rings (SSSR count). The zero-order chi connectivity index (χ0) is 11.5. The van der Waals surface area contributed by atoms with Crippen molar-refractivity contribution < 1.29 is 14.9 Å². The highest BCUT2D eigenvalue weighted by atomic mass is 16.5. The van der Waals surface area contributed by atoms with E-state index in [2.05, 4.69) is 13.8 Å². The molecule has 0 unspecified atom stereocenters. The van der Waals surface area contributed by atoms with E-state index in [1.54, 1.807) is 0 Å². The topological polar surface area (TPSA) is 49.7 Å². The Bertz CT molecular complexity index is 153. The molecular formula is C12H24O3. The summed E-state index contributed by atoms with van der Waals surface area (Å²) in [6.07, 6.45) is 7.40. The number of aliphatic hydroxyl groups excluding tert-OH is 2. The summed E-state index contributed by atoms with van der Waals surface area (Å²) in [6.45, 7) is 4.39. The average molecular weight is 216 g/mol. The highest BCUT2D eigenvalue weighted by molar-refractivity contribution is 4.89. The molecule has 3 nitrogen and oxygen atoms in total. The van der Waals surface area contributed by atoms with Crippen LogP contribution in [-0.4, -0.2) is 35.6 Å². The lowest BCUT2D eigenvalue weighted by molar-refractivity contribution is -0.0170. The van der Waals surface area contributed by atoms with Gasteiger partial charge in [-0.15, -0.1) is 0 Å². The Morgan fingerprint density at radius 2 is 1.87 bits per heavy atom. The normalized spacial score (nSPS) is 13.9. The molecule has 0 aromatic rings. The Hall–Kier alpha value is -0.380.